The van der Waals surface area contributed by atoms with Gasteiger partial charge < -0.3 is 37.6 Å². The Labute approximate surface area is 190 Å². The molecule has 182 valence electrons. The number of primary amides is 1. The third-order valence-corrected chi connectivity index (χ3v) is 4.57. The Balaban J connectivity index is 5.49. The second-order valence-electron chi connectivity index (χ2n) is 7.54. The van der Waals surface area contributed by atoms with Crippen molar-refractivity contribution in [3.8, 4) is 0 Å². The smallest absolute Gasteiger partial charge is 0.326 e. The summed E-state index contributed by atoms with van der Waals surface area (Å²) in [4.78, 5) is 70.7. The number of hydrogen-bond donors (Lipinski definition) is 8. The van der Waals surface area contributed by atoms with Gasteiger partial charge in [0.1, 0.15) is 18.1 Å². The molecule has 4 atom stereocenters. The van der Waals surface area contributed by atoms with Crippen LogP contribution in [0.1, 0.15) is 39.5 Å². The van der Waals surface area contributed by atoms with Gasteiger partial charge in [0.15, 0.2) is 0 Å². The lowest BCUT2D eigenvalue weighted by atomic mass is 10.0. The first-order valence-corrected chi connectivity index (χ1v) is 10.4. The fourth-order valence-corrected chi connectivity index (χ4v) is 2.71. The van der Waals surface area contributed by atoms with Gasteiger partial charge >= 0.3 is 11.9 Å². The number of carbonyl (C=O) groups is 6. The van der Waals surface area contributed by atoms with Crippen LogP contribution < -0.4 is 27.4 Å². The fourth-order valence-electron chi connectivity index (χ4n) is 2.54. The lowest BCUT2D eigenvalue weighted by Gasteiger charge is -2.25. The maximum Gasteiger partial charge on any atom is 0.326 e. The summed E-state index contributed by atoms with van der Waals surface area (Å²) < 4.78 is 0. The van der Waals surface area contributed by atoms with Gasteiger partial charge in [-0.2, -0.15) is 12.6 Å². The van der Waals surface area contributed by atoms with E-state index in [4.69, 9.17) is 16.6 Å². The van der Waals surface area contributed by atoms with Crippen LogP contribution in [0.4, 0.5) is 0 Å². The summed E-state index contributed by atoms with van der Waals surface area (Å²) in [6.45, 7) is 3.58. The summed E-state index contributed by atoms with van der Waals surface area (Å²) >= 11 is 3.92. The van der Waals surface area contributed by atoms with E-state index < -0.39 is 79.0 Å². The summed E-state index contributed by atoms with van der Waals surface area (Å²) in [6.07, 6.45) is -1.42. The van der Waals surface area contributed by atoms with Crippen molar-refractivity contribution in [2.24, 2.45) is 17.4 Å². The maximum absolute atomic E-state index is 12.7. The molecule has 0 aliphatic carbocycles. The van der Waals surface area contributed by atoms with Crippen LogP contribution in [-0.4, -0.2) is 75.7 Å². The van der Waals surface area contributed by atoms with Crippen molar-refractivity contribution < 1.29 is 39.0 Å². The molecule has 4 amide bonds. The fraction of sp³-hybridized carbons (Fsp3) is 0.667. The van der Waals surface area contributed by atoms with Crippen LogP contribution in [0.2, 0.25) is 0 Å². The number of hydrogen-bond acceptors (Lipinski definition) is 8. The number of carboxylic acids is 2. The summed E-state index contributed by atoms with van der Waals surface area (Å²) in [7, 11) is 0. The molecule has 0 aromatic rings. The van der Waals surface area contributed by atoms with E-state index in [0.29, 0.717) is 0 Å². The molecule has 13 nitrogen and oxygen atoms in total. The van der Waals surface area contributed by atoms with Gasteiger partial charge in [-0.25, -0.2) is 4.79 Å². The second-order valence-corrected chi connectivity index (χ2v) is 7.91. The van der Waals surface area contributed by atoms with Crippen LogP contribution >= 0.6 is 12.6 Å². The van der Waals surface area contributed by atoms with Gasteiger partial charge in [0.05, 0.1) is 12.5 Å². The van der Waals surface area contributed by atoms with Gasteiger partial charge in [-0.3, -0.25) is 24.0 Å². The van der Waals surface area contributed by atoms with Gasteiger partial charge in [-0.15, -0.1) is 0 Å². The van der Waals surface area contributed by atoms with E-state index in [2.05, 4.69) is 28.6 Å². The summed E-state index contributed by atoms with van der Waals surface area (Å²) in [6, 6.07) is -5.18. The number of thiol groups is 1. The Morgan fingerprint density at radius 3 is 1.81 bits per heavy atom. The molecule has 0 radical (unpaired) electrons. The molecule has 4 unspecified atom stereocenters. The Hall–Kier alpha value is -2.87. The molecule has 0 fully saturated rings. The lowest BCUT2D eigenvalue weighted by Crippen LogP contribution is -2.58. The van der Waals surface area contributed by atoms with Crippen molar-refractivity contribution in [2.45, 2.75) is 63.7 Å². The van der Waals surface area contributed by atoms with E-state index in [0.717, 1.165) is 0 Å². The van der Waals surface area contributed by atoms with Crippen molar-refractivity contribution in [1.82, 2.24) is 16.0 Å². The van der Waals surface area contributed by atoms with Crippen molar-refractivity contribution in [1.29, 1.82) is 0 Å². The molecule has 0 aliphatic rings. The molecule has 0 saturated carbocycles. The topological polar surface area (TPSA) is 231 Å². The van der Waals surface area contributed by atoms with Crippen molar-refractivity contribution >= 4 is 48.2 Å². The van der Waals surface area contributed by atoms with E-state index in [1.807, 2.05) is 0 Å². The number of amides is 4. The predicted octanol–water partition coefficient (Wildman–Crippen LogP) is -2.43. The first-order valence-electron chi connectivity index (χ1n) is 9.78. The zero-order chi connectivity index (χ0) is 25.0. The minimum absolute atomic E-state index is 0.0292. The summed E-state index contributed by atoms with van der Waals surface area (Å²) in [5.41, 5.74) is 10.7. The van der Waals surface area contributed by atoms with Crippen molar-refractivity contribution in [2.75, 3.05) is 5.75 Å². The summed E-state index contributed by atoms with van der Waals surface area (Å²) in [5, 5.41) is 24.7. The zero-order valence-electron chi connectivity index (χ0n) is 17.9. The third-order valence-electron chi connectivity index (χ3n) is 4.17. The average Bonchev–Trinajstić information content (AvgIpc) is 2.67. The second kappa shape index (κ2) is 14.2. The molecule has 0 rings (SSSR count). The molecule has 32 heavy (non-hydrogen) atoms. The molecule has 0 bridgehead atoms. The molecular formula is C18H31N5O8S. The minimum atomic E-state index is -1.56. The van der Waals surface area contributed by atoms with Crippen LogP contribution in [0.3, 0.4) is 0 Å². The average molecular weight is 478 g/mol. The van der Waals surface area contributed by atoms with Crippen molar-refractivity contribution in [3.63, 3.8) is 0 Å². The normalized spacial score (nSPS) is 14.5. The molecule has 14 heteroatoms. The minimum Gasteiger partial charge on any atom is -0.481 e. The van der Waals surface area contributed by atoms with Crippen LogP contribution in [0.5, 0.6) is 0 Å². The van der Waals surface area contributed by atoms with Gasteiger partial charge in [-0.05, 0) is 18.8 Å². The number of nitrogens with one attached hydrogen (secondary N) is 3. The first kappa shape index (κ1) is 29.1. The number of rotatable bonds is 15. The van der Waals surface area contributed by atoms with E-state index in [1.165, 1.54) is 0 Å². The SMILES string of the molecule is CC(C)CC(NC(=O)C(N)CS)C(=O)NC(CC(N)=O)C(=O)NC(CCC(=O)O)C(=O)O. The standard InChI is InChI=1S/C18H31N5O8S/c1-8(2)5-11(22-15(27)9(19)7-32)16(28)23-12(6-13(20)24)17(29)21-10(18(30)31)3-4-14(25)26/h8-12,32H,3-7,19H2,1-2H3,(H2,20,24)(H,21,29)(H,22,27)(H,23,28)(H,25,26)(H,30,31). The number of carbonyl (C=O) groups excluding carboxylic acids is 4. The first-order chi connectivity index (χ1) is 14.8. The van der Waals surface area contributed by atoms with E-state index in [1.54, 1.807) is 13.8 Å². The van der Waals surface area contributed by atoms with Crippen molar-refractivity contribution in [3.05, 3.63) is 0 Å². The third kappa shape index (κ3) is 11.5. The Bertz CT molecular complexity index is 717. The van der Waals surface area contributed by atoms with E-state index in [9.17, 15) is 33.9 Å². The number of aliphatic carboxylic acids is 2. The van der Waals surface area contributed by atoms with Gasteiger partial charge in [0, 0.05) is 12.2 Å². The largest absolute Gasteiger partial charge is 0.481 e. The van der Waals surface area contributed by atoms with Gasteiger partial charge in [-0.1, -0.05) is 13.8 Å². The van der Waals surface area contributed by atoms with Crippen LogP contribution in [0.15, 0.2) is 0 Å². The maximum atomic E-state index is 12.7. The highest BCUT2D eigenvalue weighted by Gasteiger charge is 2.31. The molecule has 0 aliphatic heterocycles. The Morgan fingerprint density at radius 1 is 0.875 bits per heavy atom. The van der Waals surface area contributed by atoms with Gasteiger partial charge in [0.2, 0.25) is 23.6 Å². The molecule has 0 aromatic heterocycles. The highest BCUT2D eigenvalue weighted by Crippen LogP contribution is 2.07. The predicted molar refractivity (Wildman–Crippen MR) is 115 cm³/mol. The lowest BCUT2D eigenvalue weighted by molar-refractivity contribution is -0.143. The highest BCUT2D eigenvalue weighted by molar-refractivity contribution is 7.80. The highest BCUT2D eigenvalue weighted by atomic mass is 32.1. The van der Waals surface area contributed by atoms with E-state index >= 15 is 0 Å². The van der Waals surface area contributed by atoms with Gasteiger partial charge in [0.25, 0.3) is 0 Å². The molecule has 0 heterocycles. The van der Waals surface area contributed by atoms with E-state index in [-0.39, 0.29) is 18.1 Å². The molecular weight excluding hydrogens is 446 g/mol. The molecule has 9 N–H and O–H groups in total. The van der Waals surface area contributed by atoms with Crippen LogP contribution in [-0.2, 0) is 28.8 Å². The quantitative estimate of drug-likeness (QED) is 0.117. The summed E-state index contributed by atoms with van der Waals surface area (Å²) in [5.74, 6) is -6.22. The number of carboxylic acid groups (broad SMARTS) is 2. The zero-order valence-corrected chi connectivity index (χ0v) is 18.8. The monoisotopic (exact) mass is 477 g/mol. The van der Waals surface area contributed by atoms with Crippen LogP contribution in [0.25, 0.3) is 0 Å². The molecule has 0 saturated heterocycles. The molecule has 0 aromatic carbocycles. The Morgan fingerprint density at radius 2 is 1.38 bits per heavy atom. The van der Waals surface area contributed by atoms with Crippen LogP contribution in [0, 0.1) is 5.92 Å². The molecule has 0 spiro atoms. The number of nitrogens with two attached hydrogens (primary N) is 2. The Kier molecular flexibility index (Phi) is 13.0.